The molecule has 40 heavy (non-hydrogen) atoms. The number of ether oxygens (including phenoxy) is 1. The number of pyridine rings is 1. The van der Waals surface area contributed by atoms with Crippen molar-refractivity contribution in [2.45, 2.75) is 79.6 Å². The fourth-order valence-corrected chi connectivity index (χ4v) is 7.57. The summed E-state index contributed by atoms with van der Waals surface area (Å²) in [6.45, 7) is 14.0. The fraction of sp³-hybridized carbons (Fsp3) is 0.395. The molecule has 1 saturated carbocycles. The highest BCUT2D eigenvalue weighted by Gasteiger charge is 2.34. The van der Waals surface area contributed by atoms with Crippen LogP contribution in [0.2, 0.25) is 0 Å². The highest BCUT2D eigenvalue weighted by atomic mass is 16.5. The van der Waals surface area contributed by atoms with E-state index >= 15 is 0 Å². The summed E-state index contributed by atoms with van der Waals surface area (Å²) in [5.74, 6) is 3.24. The van der Waals surface area contributed by atoms with Gasteiger partial charge in [-0.25, -0.2) is 4.57 Å². The lowest BCUT2D eigenvalue weighted by Crippen LogP contribution is -2.32. The molecule has 1 aliphatic heterocycles. The lowest BCUT2D eigenvalue weighted by atomic mass is 9.71. The van der Waals surface area contributed by atoms with Gasteiger partial charge >= 0.3 is 0 Å². The Morgan fingerprint density at radius 2 is 1.68 bits per heavy atom. The molecule has 5 aromatic rings. The predicted octanol–water partition coefficient (Wildman–Crippen LogP) is 10.2. The number of aromatic nitrogens is 1. The van der Waals surface area contributed by atoms with E-state index in [0.29, 0.717) is 17.3 Å². The summed E-state index contributed by atoms with van der Waals surface area (Å²) in [6, 6.07) is 18.7. The molecule has 204 valence electrons. The van der Waals surface area contributed by atoms with Gasteiger partial charge in [0.15, 0.2) is 6.20 Å². The van der Waals surface area contributed by atoms with Crippen molar-refractivity contribution >= 4 is 32.3 Å². The number of fused-ring (bicyclic) bond motifs is 5. The summed E-state index contributed by atoms with van der Waals surface area (Å²) in [6.07, 6.45) is 8.45. The normalized spacial score (nSPS) is 16.6. The quantitative estimate of drug-likeness (QED) is 0.164. The molecule has 7 rings (SSSR count). The van der Waals surface area contributed by atoms with Crippen molar-refractivity contribution in [2.24, 2.45) is 18.4 Å². The van der Waals surface area contributed by atoms with Crippen LogP contribution in [0.25, 0.3) is 43.6 Å². The average molecular weight is 529 g/mol. The minimum Gasteiger partial charge on any atom is -0.455 e. The monoisotopic (exact) mass is 528 g/mol. The molecular weight excluding hydrogens is 486 g/mol. The van der Waals surface area contributed by atoms with Crippen LogP contribution in [0.5, 0.6) is 11.5 Å². The van der Waals surface area contributed by atoms with Crippen LogP contribution in [-0.2, 0) is 13.5 Å². The number of nitrogens with zero attached hydrogens (tertiary/aromatic N) is 1. The van der Waals surface area contributed by atoms with Gasteiger partial charge in [-0.2, -0.15) is 0 Å². The van der Waals surface area contributed by atoms with E-state index in [2.05, 4.69) is 108 Å². The highest BCUT2D eigenvalue weighted by molar-refractivity contribution is 6.16. The van der Waals surface area contributed by atoms with Gasteiger partial charge in [-0.1, -0.05) is 69.7 Å². The van der Waals surface area contributed by atoms with Gasteiger partial charge in [0.25, 0.3) is 0 Å². The first-order valence-electron chi connectivity index (χ1n) is 15.2. The third kappa shape index (κ3) is 3.94. The molecule has 4 aromatic carbocycles. The minimum atomic E-state index is 0.481. The summed E-state index contributed by atoms with van der Waals surface area (Å²) < 4.78 is 9.34. The molecule has 0 unspecified atom stereocenters. The first kappa shape index (κ1) is 25.6. The number of benzene rings is 4. The Kier molecular flexibility index (Phi) is 5.79. The molecular formula is C38H42NO+. The van der Waals surface area contributed by atoms with Gasteiger partial charge in [0, 0.05) is 17.0 Å². The van der Waals surface area contributed by atoms with E-state index in [1.54, 1.807) is 0 Å². The standard InChI is InChI=1S/C38H42NO/c1-22(2)18-32-28-11-8-23(3)19-30(28)24(4)34-36-35-29(14-17-39(36)7)31-20-26(25-12-15-38(5,6)16-13-25)9-10-27(31)21-33(35)40-37(32)34/h8-11,14,17,19-22,25H,12-13,15-16,18H2,1-7H3/q+1. The van der Waals surface area contributed by atoms with Crippen LogP contribution in [0.4, 0.5) is 0 Å². The van der Waals surface area contributed by atoms with Crippen LogP contribution in [0.3, 0.4) is 0 Å². The van der Waals surface area contributed by atoms with E-state index < -0.39 is 0 Å². The Hall–Kier alpha value is -3.39. The second-order valence-corrected chi connectivity index (χ2v) is 13.9. The maximum atomic E-state index is 7.02. The number of aryl methyl sites for hydroxylation is 3. The van der Waals surface area contributed by atoms with Crippen LogP contribution in [0.1, 0.15) is 81.5 Å². The second kappa shape index (κ2) is 9.06. The predicted molar refractivity (Wildman–Crippen MR) is 169 cm³/mol. The fourth-order valence-electron chi connectivity index (χ4n) is 7.57. The van der Waals surface area contributed by atoms with Crippen LogP contribution in [0.15, 0.2) is 54.7 Å². The van der Waals surface area contributed by atoms with E-state index in [-0.39, 0.29) is 0 Å². The van der Waals surface area contributed by atoms with Crippen LogP contribution >= 0.6 is 0 Å². The van der Waals surface area contributed by atoms with E-state index in [1.165, 1.54) is 91.5 Å². The third-order valence-electron chi connectivity index (χ3n) is 9.88. The minimum absolute atomic E-state index is 0.481. The zero-order valence-corrected chi connectivity index (χ0v) is 25.2. The smallest absolute Gasteiger partial charge is 0.228 e. The largest absolute Gasteiger partial charge is 0.455 e. The molecule has 1 aromatic heterocycles. The number of hydrogen-bond acceptors (Lipinski definition) is 1. The van der Waals surface area contributed by atoms with E-state index in [1.807, 2.05) is 0 Å². The number of rotatable bonds is 3. The van der Waals surface area contributed by atoms with Gasteiger partial charge in [-0.15, -0.1) is 0 Å². The molecule has 2 heteroatoms. The van der Waals surface area contributed by atoms with Gasteiger partial charge in [0.1, 0.15) is 18.5 Å². The molecule has 0 N–H and O–H groups in total. The average Bonchev–Trinajstić information content (AvgIpc) is 2.91. The first-order valence-corrected chi connectivity index (χ1v) is 15.2. The molecule has 0 radical (unpaired) electrons. The van der Waals surface area contributed by atoms with E-state index in [9.17, 15) is 0 Å². The van der Waals surface area contributed by atoms with Crippen molar-refractivity contribution in [2.75, 3.05) is 0 Å². The lowest BCUT2D eigenvalue weighted by molar-refractivity contribution is -0.659. The van der Waals surface area contributed by atoms with Crippen molar-refractivity contribution in [3.63, 3.8) is 0 Å². The molecule has 0 saturated heterocycles. The number of hydrogen-bond donors (Lipinski definition) is 0. The molecule has 0 atom stereocenters. The van der Waals surface area contributed by atoms with Crippen molar-refractivity contribution in [3.05, 3.63) is 77.0 Å². The SMILES string of the molecule is Cc1ccc2c(CC(C)C)c3c(c(C)c2c1)-c1c2c(cc4ccc(C5CCC(C)(C)CC5)cc4c2cc[n+]1C)O3. The van der Waals surface area contributed by atoms with Crippen molar-refractivity contribution in [1.29, 1.82) is 0 Å². The molecule has 0 bridgehead atoms. The zero-order chi connectivity index (χ0) is 27.9. The van der Waals surface area contributed by atoms with Crippen molar-refractivity contribution < 1.29 is 9.30 Å². The third-order valence-corrected chi connectivity index (χ3v) is 9.88. The Bertz CT molecular complexity index is 1830. The van der Waals surface area contributed by atoms with Crippen molar-refractivity contribution in [3.8, 4) is 22.8 Å². The summed E-state index contributed by atoms with van der Waals surface area (Å²) in [5, 5.41) is 7.85. The maximum absolute atomic E-state index is 7.02. The topological polar surface area (TPSA) is 13.1 Å². The summed E-state index contributed by atoms with van der Waals surface area (Å²) in [4.78, 5) is 0. The van der Waals surface area contributed by atoms with Crippen LogP contribution in [0, 0.1) is 25.2 Å². The van der Waals surface area contributed by atoms with Gasteiger partial charge in [-0.05, 0) is 102 Å². The van der Waals surface area contributed by atoms with Crippen molar-refractivity contribution in [1.82, 2.24) is 0 Å². The van der Waals surface area contributed by atoms with E-state index in [0.717, 1.165) is 17.9 Å². The van der Waals surface area contributed by atoms with Gasteiger partial charge in [0.2, 0.25) is 5.69 Å². The molecule has 0 amide bonds. The molecule has 0 spiro atoms. The first-order chi connectivity index (χ1) is 19.1. The molecule has 1 aliphatic carbocycles. The Morgan fingerprint density at radius 1 is 0.900 bits per heavy atom. The Balaban J connectivity index is 1.50. The Morgan fingerprint density at radius 3 is 2.42 bits per heavy atom. The summed E-state index contributed by atoms with van der Waals surface area (Å²) >= 11 is 0. The van der Waals surface area contributed by atoms with E-state index in [4.69, 9.17) is 4.74 Å². The highest BCUT2D eigenvalue weighted by Crippen LogP contribution is 2.52. The van der Waals surface area contributed by atoms with Gasteiger partial charge in [-0.3, -0.25) is 0 Å². The lowest BCUT2D eigenvalue weighted by Gasteiger charge is -2.34. The molecule has 2 heterocycles. The van der Waals surface area contributed by atoms with Crippen LogP contribution < -0.4 is 9.30 Å². The molecule has 2 aliphatic rings. The Labute approximate surface area is 239 Å². The van der Waals surface area contributed by atoms with Crippen LogP contribution in [-0.4, -0.2) is 0 Å². The van der Waals surface area contributed by atoms with Gasteiger partial charge in [0.05, 0.1) is 10.9 Å². The maximum Gasteiger partial charge on any atom is 0.228 e. The molecule has 2 nitrogen and oxygen atoms in total. The summed E-state index contributed by atoms with van der Waals surface area (Å²) in [7, 11) is 2.19. The molecule has 1 fully saturated rings. The zero-order valence-electron chi connectivity index (χ0n) is 25.2. The summed E-state index contributed by atoms with van der Waals surface area (Å²) in [5.41, 5.74) is 8.48. The second-order valence-electron chi connectivity index (χ2n) is 13.9. The van der Waals surface area contributed by atoms with Gasteiger partial charge < -0.3 is 4.74 Å².